The highest BCUT2D eigenvalue weighted by molar-refractivity contribution is 7.90. The maximum atomic E-state index is 12.5. The normalized spacial score (nSPS) is 20.0. The molecule has 0 spiro atoms. The van der Waals surface area contributed by atoms with E-state index < -0.39 is 14.8 Å². The SMILES string of the molecule is CCCNS(=O)(=O)C(C)(C)c1ccc(C2CCCNC2)cc1. The Bertz CT molecular complexity index is 573. The van der Waals surface area contributed by atoms with Gasteiger partial charge in [0.05, 0.1) is 0 Å². The van der Waals surface area contributed by atoms with Crippen molar-refractivity contribution in [3.8, 4) is 0 Å². The van der Waals surface area contributed by atoms with Gasteiger partial charge in [0.15, 0.2) is 0 Å². The highest BCUT2D eigenvalue weighted by Gasteiger charge is 2.35. The van der Waals surface area contributed by atoms with Gasteiger partial charge in [0.1, 0.15) is 4.75 Å². The van der Waals surface area contributed by atoms with Crippen molar-refractivity contribution in [1.82, 2.24) is 10.0 Å². The van der Waals surface area contributed by atoms with Crippen molar-refractivity contribution < 1.29 is 8.42 Å². The summed E-state index contributed by atoms with van der Waals surface area (Å²) in [6.45, 7) is 8.09. The predicted octanol–water partition coefficient (Wildman–Crippen LogP) is 2.72. The van der Waals surface area contributed by atoms with E-state index in [1.165, 1.54) is 18.4 Å². The second-order valence-corrected chi connectivity index (χ2v) is 8.89. The molecule has 1 aromatic carbocycles. The number of sulfonamides is 1. The zero-order valence-electron chi connectivity index (χ0n) is 13.9. The van der Waals surface area contributed by atoms with E-state index in [-0.39, 0.29) is 0 Å². The highest BCUT2D eigenvalue weighted by atomic mass is 32.2. The molecule has 22 heavy (non-hydrogen) atoms. The fourth-order valence-corrected chi connectivity index (χ4v) is 4.15. The standard InChI is InChI=1S/C17H28N2O2S/c1-4-11-19-22(20,21)17(2,3)16-9-7-14(8-10-16)15-6-5-12-18-13-15/h7-10,15,18-19H,4-6,11-13H2,1-3H3. The number of rotatable bonds is 6. The molecule has 0 amide bonds. The molecule has 0 saturated carbocycles. The maximum Gasteiger partial charge on any atom is 0.221 e. The van der Waals surface area contributed by atoms with Crippen molar-refractivity contribution in [3.05, 3.63) is 35.4 Å². The summed E-state index contributed by atoms with van der Waals surface area (Å²) < 4.78 is 26.7. The molecule has 5 heteroatoms. The molecule has 1 atom stereocenters. The number of nitrogens with one attached hydrogen (secondary N) is 2. The minimum absolute atomic E-state index is 0.484. The van der Waals surface area contributed by atoms with Gasteiger partial charge in [-0.25, -0.2) is 13.1 Å². The van der Waals surface area contributed by atoms with Gasteiger partial charge in [-0.1, -0.05) is 31.2 Å². The van der Waals surface area contributed by atoms with E-state index in [9.17, 15) is 8.42 Å². The largest absolute Gasteiger partial charge is 0.316 e. The smallest absolute Gasteiger partial charge is 0.221 e. The van der Waals surface area contributed by atoms with Crippen LogP contribution in [0, 0.1) is 0 Å². The molecule has 1 aromatic rings. The molecular formula is C17H28N2O2S. The molecule has 1 aliphatic heterocycles. The Balaban J connectivity index is 2.17. The molecule has 1 saturated heterocycles. The first-order chi connectivity index (χ1) is 10.4. The molecule has 0 radical (unpaired) electrons. The second-order valence-electron chi connectivity index (χ2n) is 6.57. The maximum absolute atomic E-state index is 12.5. The first kappa shape index (κ1) is 17.4. The molecule has 2 rings (SSSR count). The zero-order valence-corrected chi connectivity index (χ0v) is 14.7. The van der Waals surface area contributed by atoms with Crippen LogP contribution in [-0.4, -0.2) is 28.1 Å². The average molecular weight is 324 g/mol. The van der Waals surface area contributed by atoms with Gasteiger partial charge in [0, 0.05) is 13.1 Å². The lowest BCUT2D eigenvalue weighted by Crippen LogP contribution is -2.40. The van der Waals surface area contributed by atoms with Crippen LogP contribution in [0.15, 0.2) is 24.3 Å². The molecule has 124 valence electrons. The van der Waals surface area contributed by atoms with Crippen LogP contribution in [0.4, 0.5) is 0 Å². The molecule has 1 fully saturated rings. The van der Waals surface area contributed by atoms with Gasteiger partial charge in [0.2, 0.25) is 10.0 Å². The van der Waals surface area contributed by atoms with Gasteiger partial charge in [-0.2, -0.15) is 0 Å². The van der Waals surface area contributed by atoms with E-state index in [0.29, 0.717) is 12.5 Å². The van der Waals surface area contributed by atoms with Crippen LogP contribution >= 0.6 is 0 Å². The highest BCUT2D eigenvalue weighted by Crippen LogP contribution is 2.31. The molecule has 1 heterocycles. The third-order valence-electron chi connectivity index (χ3n) is 4.59. The molecule has 0 aromatic heterocycles. The molecule has 1 aliphatic rings. The lowest BCUT2D eigenvalue weighted by molar-refractivity contribution is 0.461. The number of hydrogen-bond donors (Lipinski definition) is 2. The van der Waals surface area contributed by atoms with Crippen LogP contribution in [-0.2, 0) is 14.8 Å². The molecule has 0 bridgehead atoms. The lowest BCUT2D eigenvalue weighted by Gasteiger charge is -2.27. The Morgan fingerprint density at radius 1 is 1.27 bits per heavy atom. The van der Waals surface area contributed by atoms with Crippen LogP contribution in [0.5, 0.6) is 0 Å². The van der Waals surface area contributed by atoms with Crippen molar-refractivity contribution in [2.24, 2.45) is 0 Å². The van der Waals surface area contributed by atoms with E-state index in [1.807, 2.05) is 19.1 Å². The van der Waals surface area contributed by atoms with E-state index in [2.05, 4.69) is 22.2 Å². The van der Waals surface area contributed by atoms with E-state index >= 15 is 0 Å². The Hall–Kier alpha value is -0.910. The average Bonchev–Trinajstić information content (AvgIpc) is 2.54. The van der Waals surface area contributed by atoms with Gasteiger partial charge in [-0.05, 0) is 56.7 Å². The summed E-state index contributed by atoms with van der Waals surface area (Å²) in [4.78, 5) is 0. The number of hydrogen-bond acceptors (Lipinski definition) is 3. The Kier molecular flexibility index (Phi) is 5.64. The third-order valence-corrected chi connectivity index (χ3v) is 6.75. The fourth-order valence-electron chi connectivity index (χ4n) is 2.86. The lowest BCUT2D eigenvalue weighted by atomic mass is 9.90. The molecule has 0 aliphatic carbocycles. The van der Waals surface area contributed by atoms with Crippen LogP contribution < -0.4 is 10.0 Å². The molecular weight excluding hydrogens is 296 g/mol. The molecule has 1 unspecified atom stereocenters. The van der Waals surface area contributed by atoms with E-state index in [1.54, 1.807) is 13.8 Å². The van der Waals surface area contributed by atoms with Crippen molar-refractivity contribution >= 4 is 10.0 Å². The Morgan fingerprint density at radius 3 is 2.50 bits per heavy atom. The molecule has 2 N–H and O–H groups in total. The van der Waals surface area contributed by atoms with Gasteiger partial charge in [-0.3, -0.25) is 0 Å². The second kappa shape index (κ2) is 7.11. The first-order valence-corrected chi connectivity index (χ1v) is 9.67. The monoisotopic (exact) mass is 324 g/mol. The zero-order chi connectivity index (χ0) is 16.2. The van der Waals surface area contributed by atoms with Crippen LogP contribution in [0.25, 0.3) is 0 Å². The summed E-state index contributed by atoms with van der Waals surface area (Å²) in [7, 11) is -3.38. The molecule has 4 nitrogen and oxygen atoms in total. The van der Waals surface area contributed by atoms with Gasteiger partial charge in [-0.15, -0.1) is 0 Å². The summed E-state index contributed by atoms with van der Waals surface area (Å²) in [6, 6.07) is 8.11. The van der Waals surface area contributed by atoms with Gasteiger partial charge < -0.3 is 5.32 Å². The van der Waals surface area contributed by atoms with Crippen molar-refractivity contribution in [2.75, 3.05) is 19.6 Å². The van der Waals surface area contributed by atoms with Gasteiger partial charge in [0.25, 0.3) is 0 Å². The summed E-state index contributed by atoms with van der Waals surface area (Å²) >= 11 is 0. The predicted molar refractivity (Wildman–Crippen MR) is 91.5 cm³/mol. The van der Waals surface area contributed by atoms with Crippen molar-refractivity contribution in [2.45, 2.75) is 50.7 Å². The van der Waals surface area contributed by atoms with Crippen LogP contribution in [0.1, 0.15) is 57.1 Å². The van der Waals surface area contributed by atoms with Crippen LogP contribution in [0.3, 0.4) is 0 Å². The van der Waals surface area contributed by atoms with E-state index in [4.69, 9.17) is 0 Å². The Labute approximate surface area is 134 Å². The van der Waals surface area contributed by atoms with Crippen LogP contribution in [0.2, 0.25) is 0 Å². The van der Waals surface area contributed by atoms with Crippen molar-refractivity contribution in [3.63, 3.8) is 0 Å². The Morgan fingerprint density at radius 2 is 1.95 bits per heavy atom. The van der Waals surface area contributed by atoms with Crippen molar-refractivity contribution in [1.29, 1.82) is 0 Å². The number of benzene rings is 1. The third kappa shape index (κ3) is 3.70. The summed E-state index contributed by atoms with van der Waals surface area (Å²) in [5.41, 5.74) is 2.13. The fraction of sp³-hybridized carbons (Fsp3) is 0.647. The number of piperidine rings is 1. The van der Waals surface area contributed by atoms with E-state index in [0.717, 1.165) is 25.1 Å². The summed E-state index contributed by atoms with van der Waals surface area (Å²) in [5, 5.41) is 3.42. The van der Waals surface area contributed by atoms with Gasteiger partial charge >= 0.3 is 0 Å². The minimum Gasteiger partial charge on any atom is -0.316 e. The minimum atomic E-state index is -3.38. The quantitative estimate of drug-likeness (QED) is 0.846. The first-order valence-electron chi connectivity index (χ1n) is 8.19. The summed E-state index contributed by atoms with van der Waals surface area (Å²) in [5.74, 6) is 0.542. The topological polar surface area (TPSA) is 58.2 Å². The summed E-state index contributed by atoms with van der Waals surface area (Å²) in [6.07, 6.45) is 3.20.